The molecule has 0 aliphatic carbocycles. The molecule has 0 amide bonds. The van der Waals surface area contributed by atoms with Crippen LogP contribution >= 0.6 is 0 Å². The van der Waals surface area contributed by atoms with Crippen LogP contribution in [0, 0.1) is 6.92 Å². The Kier molecular flexibility index (Phi) is 3.39. The van der Waals surface area contributed by atoms with Crippen molar-refractivity contribution in [1.82, 2.24) is 9.97 Å². The Morgan fingerprint density at radius 3 is 2.63 bits per heavy atom. The van der Waals surface area contributed by atoms with Gasteiger partial charge in [0.1, 0.15) is 11.6 Å². The first kappa shape index (κ1) is 13.3. The number of aryl methyl sites for hydroxylation is 1. The lowest BCUT2D eigenvalue weighted by atomic mass is 10.3. The molecule has 2 aromatic rings. The van der Waals surface area contributed by atoms with Gasteiger partial charge in [0, 0.05) is 6.26 Å². The van der Waals surface area contributed by atoms with Crippen LogP contribution < -0.4 is 10.3 Å². The van der Waals surface area contributed by atoms with E-state index in [1.54, 1.807) is 19.1 Å². The Bertz CT molecular complexity index is 765. The van der Waals surface area contributed by atoms with Crippen LogP contribution in [0.1, 0.15) is 5.82 Å². The van der Waals surface area contributed by atoms with Crippen molar-refractivity contribution in [3.8, 4) is 11.6 Å². The second-order valence-electron chi connectivity index (χ2n) is 4.02. The summed E-state index contributed by atoms with van der Waals surface area (Å²) in [5.41, 5.74) is -0.332. The first-order valence-electron chi connectivity index (χ1n) is 5.40. The zero-order valence-corrected chi connectivity index (χ0v) is 11.2. The molecule has 2 rings (SSSR count). The van der Waals surface area contributed by atoms with Crippen LogP contribution in [0.5, 0.6) is 11.6 Å². The third-order valence-electron chi connectivity index (χ3n) is 2.29. The van der Waals surface area contributed by atoms with Gasteiger partial charge in [-0.1, -0.05) is 6.07 Å². The summed E-state index contributed by atoms with van der Waals surface area (Å²) in [5.74, 6) is 0.842. The second-order valence-corrected chi connectivity index (χ2v) is 6.03. The molecule has 0 radical (unpaired) electrons. The van der Waals surface area contributed by atoms with Crippen molar-refractivity contribution in [2.24, 2.45) is 0 Å². The van der Waals surface area contributed by atoms with Crippen LogP contribution in [0.25, 0.3) is 0 Å². The molecule has 7 heteroatoms. The Morgan fingerprint density at radius 2 is 2.00 bits per heavy atom. The van der Waals surface area contributed by atoms with E-state index in [1.165, 1.54) is 18.2 Å². The van der Waals surface area contributed by atoms with Crippen molar-refractivity contribution in [1.29, 1.82) is 0 Å². The maximum Gasteiger partial charge on any atom is 0.254 e. The maximum absolute atomic E-state index is 11.4. The van der Waals surface area contributed by atoms with Gasteiger partial charge in [0.15, 0.2) is 9.84 Å². The Morgan fingerprint density at radius 1 is 1.26 bits per heavy atom. The van der Waals surface area contributed by atoms with E-state index in [-0.39, 0.29) is 16.3 Å². The van der Waals surface area contributed by atoms with Crippen molar-refractivity contribution < 1.29 is 13.2 Å². The quantitative estimate of drug-likeness (QED) is 0.914. The summed E-state index contributed by atoms with van der Waals surface area (Å²) < 4.78 is 28.2. The number of aromatic amines is 1. The number of hydrogen-bond donors (Lipinski definition) is 1. The maximum atomic E-state index is 11.4. The summed E-state index contributed by atoms with van der Waals surface area (Å²) in [6.45, 7) is 1.63. The minimum Gasteiger partial charge on any atom is -0.439 e. The standard InChI is InChI=1S/C12H12N2O4S/c1-8-13-11(15)7-12(14-8)18-9-4-3-5-10(6-9)19(2,16)17/h3-7H,1-2H3,(H,13,14,15). The zero-order chi connectivity index (χ0) is 14.0. The van der Waals surface area contributed by atoms with Crippen LogP contribution in [0.3, 0.4) is 0 Å². The molecule has 0 fully saturated rings. The molecule has 1 N–H and O–H groups in total. The molecule has 0 saturated heterocycles. The van der Waals surface area contributed by atoms with Gasteiger partial charge in [-0.15, -0.1) is 0 Å². The summed E-state index contributed by atoms with van der Waals surface area (Å²) in [7, 11) is -3.30. The van der Waals surface area contributed by atoms with Gasteiger partial charge in [0.2, 0.25) is 5.88 Å². The number of benzene rings is 1. The first-order valence-corrected chi connectivity index (χ1v) is 7.30. The average molecular weight is 280 g/mol. The normalized spacial score (nSPS) is 11.3. The number of H-pyrrole nitrogens is 1. The average Bonchev–Trinajstić information content (AvgIpc) is 2.26. The monoisotopic (exact) mass is 280 g/mol. The molecule has 1 aromatic heterocycles. The molecule has 0 bridgehead atoms. The number of hydrogen-bond acceptors (Lipinski definition) is 5. The number of nitrogens with zero attached hydrogens (tertiary/aromatic N) is 1. The van der Waals surface area contributed by atoms with Crippen molar-refractivity contribution >= 4 is 9.84 Å². The molecule has 0 aliphatic heterocycles. The van der Waals surface area contributed by atoms with Gasteiger partial charge in [-0.25, -0.2) is 13.4 Å². The van der Waals surface area contributed by atoms with Crippen LogP contribution in [-0.2, 0) is 9.84 Å². The zero-order valence-electron chi connectivity index (χ0n) is 10.4. The number of aromatic nitrogens is 2. The highest BCUT2D eigenvalue weighted by Crippen LogP contribution is 2.21. The van der Waals surface area contributed by atoms with Crippen molar-refractivity contribution in [3.63, 3.8) is 0 Å². The molecular weight excluding hydrogens is 268 g/mol. The van der Waals surface area contributed by atoms with Crippen LogP contribution in [0.15, 0.2) is 40.0 Å². The van der Waals surface area contributed by atoms with E-state index in [9.17, 15) is 13.2 Å². The van der Waals surface area contributed by atoms with Crippen molar-refractivity contribution in [2.45, 2.75) is 11.8 Å². The van der Waals surface area contributed by atoms with E-state index in [1.807, 2.05) is 0 Å². The predicted octanol–water partition coefficient (Wildman–Crippen LogP) is 1.27. The fourth-order valence-electron chi connectivity index (χ4n) is 1.49. The molecule has 0 aliphatic rings. The summed E-state index contributed by atoms with van der Waals surface area (Å²) in [4.78, 5) is 17.9. The molecule has 0 atom stereocenters. The lowest BCUT2D eigenvalue weighted by Crippen LogP contribution is -2.08. The number of rotatable bonds is 3. The minimum atomic E-state index is -3.30. The van der Waals surface area contributed by atoms with Crippen molar-refractivity contribution in [2.75, 3.05) is 6.26 Å². The highest BCUT2D eigenvalue weighted by Gasteiger charge is 2.09. The lowest BCUT2D eigenvalue weighted by molar-refractivity contribution is 0.457. The molecule has 1 aromatic carbocycles. The Labute approximate surface area is 110 Å². The molecule has 19 heavy (non-hydrogen) atoms. The SMILES string of the molecule is Cc1nc(Oc2cccc(S(C)(=O)=O)c2)cc(=O)[nH]1. The fraction of sp³-hybridized carbons (Fsp3) is 0.167. The third kappa shape index (κ3) is 3.41. The summed E-state index contributed by atoms with van der Waals surface area (Å²) in [6.07, 6.45) is 1.11. The first-order chi connectivity index (χ1) is 8.84. The highest BCUT2D eigenvalue weighted by atomic mass is 32.2. The van der Waals surface area contributed by atoms with Gasteiger partial charge in [0.05, 0.1) is 11.0 Å². The number of nitrogens with one attached hydrogen (secondary N) is 1. The largest absolute Gasteiger partial charge is 0.439 e. The smallest absolute Gasteiger partial charge is 0.254 e. The van der Waals surface area contributed by atoms with Gasteiger partial charge < -0.3 is 9.72 Å². The number of ether oxygens (including phenoxy) is 1. The van der Waals surface area contributed by atoms with Gasteiger partial charge in [0.25, 0.3) is 5.56 Å². The lowest BCUT2D eigenvalue weighted by Gasteiger charge is -2.06. The van der Waals surface area contributed by atoms with Gasteiger partial charge >= 0.3 is 0 Å². The predicted molar refractivity (Wildman–Crippen MR) is 69.2 cm³/mol. The van der Waals surface area contributed by atoms with Crippen LogP contribution in [0.4, 0.5) is 0 Å². The molecule has 6 nitrogen and oxygen atoms in total. The van der Waals surface area contributed by atoms with E-state index < -0.39 is 9.84 Å². The van der Waals surface area contributed by atoms with E-state index >= 15 is 0 Å². The van der Waals surface area contributed by atoms with Gasteiger partial charge in [-0.05, 0) is 25.1 Å². The van der Waals surface area contributed by atoms with Gasteiger partial charge in [-0.2, -0.15) is 0 Å². The van der Waals surface area contributed by atoms with E-state index in [2.05, 4.69) is 9.97 Å². The summed E-state index contributed by atoms with van der Waals surface area (Å²) in [6, 6.07) is 7.20. The highest BCUT2D eigenvalue weighted by molar-refractivity contribution is 7.90. The molecule has 1 heterocycles. The van der Waals surface area contributed by atoms with E-state index in [4.69, 9.17) is 4.74 Å². The summed E-state index contributed by atoms with van der Waals surface area (Å²) >= 11 is 0. The molecule has 100 valence electrons. The van der Waals surface area contributed by atoms with Gasteiger partial charge in [-0.3, -0.25) is 4.79 Å². The molecule has 0 spiro atoms. The fourth-order valence-corrected chi connectivity index (χ4v) is 2.15. The van der Waals surface area contributed by atoms with Crippen LogP contribution in [0.2, 0.25) is 0 Å². The van der Waals surface area contributed by atoms with E-state index in [0.29, 0.717) is 11.6 Å². The topological polar surface area (TPSA) is 89.1 Å². The Balaban J connectivity index is 2.36. The third-order valence-corrected chi connectivity index (χ3v) is 3.40. The molecular formula is C12H12N2O4S. The van der Waals surface area contributed by atoms with Crippen LogP contribution in [-0.4, -0.2) is 24.6 Å². The number of sulfone groups is 1. The summed E-state index contributed by atoms with van der Waals surface area (Å²) in [5, 5.41) is 0. The molecule has 0 saturated carbocycles. The van der Waals surface area contributed by atoms with Crippen molar-refractivity contribution in [3.05, 3.63) is 46.5 Å². The van der Waals surface area contributed by atoms with E-state index in [0.717, 1.165) is 6.26 Å². The molecule has 0 unspecified atom stereocenters. The second kappa shape index (κ2) is 4.85. The Hall–Kier alpha value is -2.15. The minimum absolute atomic E-state index is 0.118.